The molecule has 11 heavy (non-hydrogen) atoms. The summed E-state index contributed by atoms with van der Waals surface area (Å²) in [6.45, 7) is 3.50. The Kier molecular flexibility index (Phi) is 8.54. The number of esters is 1. The SMILES string of the molecule is CCC(C)(N)C(=O)OC.CI. The molecule has 0 rings (SSSR count). The summed E-state index contributed by atoms with van der Waals surface area (Å²) in [7, 11) is 1.34. The van der Waals surface area contributed by atoms with Crippen molar-refractivity contribution in [3.05, 3.63) is 0 Å². The summed E-state index contributed by atoms with van der Waals surface area (Å²) in [6, 6.07) is 0. The Morgan fingerprint density at radius 2 is 2.00 bits per heavy atom. The van der Waals surface area contributed by atoms with Crippen molar-refractivity contribution in [2.24, 2.45) is 5.73 Å². The lowest BCUT2D eigenvalue weighted by Crippen LogP contribution is -2.44. The first-order chi connectivity index (χ1) is 5.04. The molecule has 0 saturated carbocycles. The van der Waals surface area contributed by atoms with Gasteiger partial charge in [0.1, 0.15) is 5.54 Å². The van der Waals surface area contributed by atoms with Gasteiger partial charge >= 0.3 is 5.97 Å². The highest BCUT2D eigenvalue weighted by atomic mass is 127. The fourth-order valence-corrected chi connectivity index (χ4v) is 0.377. The van der Waals surface area contributed by atoms with Crippen molar-refractivity contribution in [1.29, 1.82) is 0 Å². The molecule has 1 unspecified atom stereocenters. The van der Waals surface area contributed by atoms with Crippen LogP contribution in [0.15, 0.2) is 0 Å². The van der Waals surface area contributed by atoms with Crippen LogP contribution in [0.5, 0.6) is 0 Å². The monoisotopic (exact) mass is 273 g/mol. The topological polar surface area (TPSA) is 52.3 Å². The van der Waals surface area contributed by atoms with Gasteiger partial charge in [-0.25, -0.2) is 0 Å². The lowest BCUT2D eigenvalue weighted by molar-refractivity contribution is -0.146. The zero-order valence-electron chi connectivity index (χ0n) is 7.48. The zero-order valence-corrected chi connectivity index (χ0v) is 9.64. The van der Waals surface area contributed by atoms with E-state index in [2.05, 4.69) is 27.3 Å². The van der Waals surface area contributed by atoms with Gasteiger partial charge in [0, 0.05) is 0 Å². The van der Waals surface area contributed by atoms with Crippen LogP contribution in [0.1, 0.15) is 20.3 Å². The normalized spacial score (nSPS) is 14.0. The molecule has 0 radical (unpaired) electrons. The third-order valence-electron chi connectivity index (χ3n) is 1.39. The van der Waals surface area contributed by atoms with Crippen LogP contribution in [0.25, 0.3) is 0 Å². The van der Waals surface area contributed by atoms with Crippen LogP contribution in [-0.4, -0.2) is 23.5 Å². The number of halogens is 1. The fourth-order valence-electron chi connectivity index (χ4n) is 0.377. The van der Waals surface area contributed by atoms with Crippen molar-refractivity contribution in [3.8, 4) is 0 Å². The number of rotatable bonds is 2. The molecule has 0 aromatic heterocycles. The van der Waals surface area contributed by atoms with Gasteiger partial charge in [-0.3, -0.25) is 4.79 Å². The molecular weight excluding hydrogens is 257 g/mol. The van der Waals surface area contributed by atoms with Gasteiger partial charge in [0.05, 0.1) is 7.11 Å². The number of nitrogens with two attached hydrogens (primary N) is 1. The number of methoxy groups -OCH3 is 1. The van der Waals surface area contributed by atoms with E-state index >= 15 is 0 Å². The maximum Gasteiger partial charge on any atom is 0.325 e. The van der Waals surface area contributed by atoms with E-state index in [1.165, 1.54) is 7.11 Å². The Morgan fingerprint density at radius 1 is 1.64 bits per heavy atom. The first-order valence-electron chi connectivity index (χ1n) is 3.29. The highest BCUT2D eigenvalue weighted by Crippen LogP contribution is 2.05. The van der Waals surface area contributed by atoms with Gasteiger partial charge in [0.2, 0.25) is 0 Å². The van der Waals surface area contributed by atoms with Gasteiger partial charge in [-0.05, 0) is 18.3 Å². The molecule has 0 bridgehead atoms. The number of hydrogen-bond donors (Lipinski definition) is 1. The Morgan fingerprint density at radius 3 is 2.09 bits per heavy atom. The van der Waals surface area contributed by atoms with Crippen LogP contribution >= 0.6 is 22.6 Å². The molecule has 0 amide bonds. The molecule has 0 aromatic carbocycles. The zero-order chi connectivity index (χ0) is 9.49. The van der Waals surface area contributed by atoms with Crippen molar-refractivity contribution in [2.45, 2.75) is 25.8 Å². The predicted molar refractivity (Wildman–Crippen MR) is 54.8 cm³/mol. The molecule has 0 aliphatic rings. The summed E-state index contributed by atoms with van der Waals surface area (Å²) in [5, 5.41) is 0. The van der Waals surface area contributed by atoms with E-state index in [9.17, 15) is 4.79 Å². The lowest BCUT2D eigenvalue weighted by Gasteiger charge is -2.18. The van der Waals surface area contributed by atoms with E-state index in [0.717, 1.165) is 0 Å². The Balaban J connectivity index is 0. The van der Waals surface area contributed by atoms with E-state index in [1.54, 1.807) is 6.92 Å². The number of carbonyl (C=O) groups is 1. The lowest BCUT2D eigenvalue weighted by atomic mass is 10.0. The standard InChI is InChI=1S/C6H13NO2.CH3I/c1-4-6(2,7)5(8)9-3;1-2/h4,7H2,1-3H3;1H3. The molecule has 3 nitrogen and oxygen atoms in total. The van der Waals surface area contributed by atoms with E-state index in [1.807, 2.05) is 11.9 Å². The fraction of sp³-hybridized carbons (Fsp3) is 0.857. The highest BCUT2D eigenvalue weighted by molar-refractivity contribution is 14.1. The second-order valence-electron chi connectivity index (χ2n) is 2.26. The minimum atomic E-state index is -0.811. The van der Waals surface area contributed by atoms with Gasteiger partial charge in [-0.1, -0.05) is 29.5 Å². The van der Waals surface area contributed by atoms with Crippen molar-refractivity contribution >= 4 is 28.6 Å². The number of ether oxygens (including phenoxy) is 1. The summed E-state index contributed by atoms with van der Waals surface area (Å²) < 4.78 is 4.44. The number of hydrogen-bond acceptors (Lipinski definition) is 3. The first kappa shape index (κ1) is 13.7. The molecule has 4 heteroatoms. The van der Waals surface area contributed by atoms with E-state index in [0.29, 0.717) is 6.42 Å². The summed E-state index contributed by atoms with van der Waals surface area (Å²) in [6.07, 6.45) is 0.597. The van der Waals surface area contributed by atoms with Crippen LogP contribution in [0.3, 0.4) is 0 Å². The van der Waals surface area contributed by atoms with E-state index < -0.39 is 5.54 Å². The first-order valence-corrected chi connectivity index (χ1v) is 5.45. The van der Waals surface area contributed by atoms with Crippen molar-refractivity contribution < 1.29 is 9.53 Å². The molecule has 0 aliphatic carbocycles. The van der Waals surface area contributed by atoms with Crippen molar-refractivity contribution in [2.75, 3.05) is 12.0 Å². The van der Waals surface area contributed by atoms with Crippen LogP contribution in [0, 0.1) is 0 Å². The molecule has 0 fully saturated rings. The van der Waals surface area contributed by atoms with Crippen LogP contribution in [0.2, 0.25) is 0 Å². The van der Waals surface area contributed by atoms with Gasteiger partial charge in [0.25, 0.3) is 0 Å². The Bertz CT molecular complexity index is 115. The largest absolute Gasteiger partial charge is 0.468 e. The average molecular weight is 273 g/mol. The third kappa shape index (κ3) is 5.43. The van der Waals surface area contributed by atoms with E-state index in [-0.39, 0.29) is 5.97 Å². The van der Waals surface area contributed by atoms with Crippen LogP contribution in [-0.2, 0) is 9.53 Å². The number of carbonyl (C=O) groups excluding carboxylic acids is 1. The van der Waals surface area contributed by atoms with Crippen molar-refractivity contribution in [3.63, 3.8) is 0 Å². The van der Waals surface area contributed by atoms with Gasteiger partial charge in [-0.15, -0.1) is 0 Å². The molecule has 2 N–H and O–H groups in total. The van der Waals surface area contributed by atoms with Crippen LogP contribution < -0.4 is 5.73 Å². The Hall–Kier alpha value is 0.160. The molecule has 68 valence electrons. The Labute approximate surface area is 81.8 Å². The second-order valence-corrected chi connectivity index (χ2v) is 2.26. The molecule has 0 spiro atoms. The molecule has 1 atom stereocenters. The predicted octanol–water partition coefficient (Wildman–Crippen LogP) is 1.34. The number of alkyl halides is 1. The quantitative estimate of drug-likeness (QED) is 0.469. The molecule has 0 aliphatic heterocycles. The maximum atomic E-state index is 10.7. The molecule has 0 heterocycles. The molecule has 0 saturated heterocycles. The molecular formula is C7H16INO2. The smallest absolute Gasteiger partial charge is 0.325 e. The van der Waals surface area contributed by atoms with Gasteiger partial charge < -0.3 is 10.5 Å². The summed E-state index contributed by atoms with van der Waals surface area (Å²) in [4.78, 5) is 12.7. The average Bonchev–Trinajstić information content (AvgIpc) is 2.06. The van der Waals surface area contributed by atoms with E-state index in [4.69, 9.17) is 5.73 Å². The van der Waals surface area contributed by atoms with Gasteiger partial charge in [-0.2, -0.15) is 0 Å². The highest BCUT2D eigenvalue weighted by Gasteiger charge is 2.26. The minimum Gasteiger partial charge on any atom is -0.468 e. The summed E-state index contributed by atoms with van der Waals surface area (Å²) in [5.41, 5.74) is 4.68. The minimum absolute atomic E-state index is 0.356. The second kappa shape index (κ2) is 6.84. The summed E-state index contributed by atoms with van der Waals surface area (Å²) in [5.74, 6) is -0.356. The maximum absolute atomic E-state index is 10.7. The van der Waals surface area contributed by atoms with Gasteiger partial charge in [0.15, 0.2) is 0 Å². The molecule has 0 aromatic rings. The van der Waals surface area contributed by atoms with Crippen LogP contribution in [0.4, 0.5) is 0 Å². The third-order valence-corrected chi connectivity index (χ3v) is 1.39. The summed E-state index contributed by atoms with van der Waals surface area (Å²) >= 11 is 2.15. The van der Waals surface area contributed by atoms with Crippen molar-refractivity contribution in [1.82, 2.24) is 0 Å².